The number of anilines is 1. The first kappa shape index (κ1) is 19.0. The number of thiophene rings is 1. The van der Waals surface area contributed by atoms with E-state index in [9.17, 15) is 9.59 Å². The number of methoxy groups -OCH3 is 1. The number of ether oxygens (including phenoxy) is 1. The van der Waals surface area contributed by atoms with Gasteiger partial charge in [0.1, 0.15) is 5.75 Å². The molecule has 0 bridgehead atoms. The lowest BCUT2D eigenvalue weighted by Crippen LogP contribution is -2.49. The molecule has 0 aliphatic carbocycles. The smallest absolute Gasteiger partial charge is 0.312 e. The summed E-state index contributed by atoms with van der Waals surface area (Å²) >= 11 is 1.50. The van der Waals surface area contributed by atoms with E-state index in [-0.39, 0.29) is 18.4 Å². The number of primary amides is 1. The molecule has 8 heteroatoms. The Morgan fingerprint density at radius 1 is 1.19 bits per heavy atom. The van der Waals surface area contributed by atoms with Gasteiger partial charge in [-0.05, 0) is 23.6 Å². The number of urea groups is 1. The van der Waals surface area contributed by atoms with Crippen LogP contribution in [0.1, 0.15) is 17.3 Å². The monoisotopic (exact) mass is 388 g/mol. The second-order valence-corrected chi connectivity index (χ2v) is 7.30. The van der Waals surface area contributed by atoms with Gasteiger partial charge in [0.15, 0.2) is 0 Å². The van der Waals surface area contributed by atoms with Crippen molar-refractivity contribution < 1.29 is 14.3 Å². The van der Waals surface area contributed by atoms with E-state index in [4.69, 9.17) is 10.5 Å². The van der Waals surface area contributed by atoms with E-state index in [0.717, 1.165) is 29.4 Å². The Balaban J connectivity index is 1.60. The minimum absolute atomic E-state index is 0.0156. The zero-order valence-electron chi connectivity index (χ0n) is 15.3. The number of hydrogen-bond acceptors (Lipinski definition) is 5. The standard InChI is InChI=1S/C19H24N4O3S/c1-26-16-6-3-2-5-15(16)22-8-10-23(11-9-22)18(24)13-14(21-19(20)25)17-7-4-12-27-17/h2-7,12,14H,8-11,13H2,1H3,(H3,20,21,25). The summed E-state index contributed by atoms with van der Waals surface area (Å²) in [6.07, 6.45) is 0.206. The normalized spacial score (nSPS) is 15.3. The highest BCUT2D eigenvalue weighted by atomic mass is 32.1. The summed E-state index contributed by atoms with van der Waals surface area (Å²) in [5, 5.41) is 4.59. The summed E-state index contributed by atoms with van der Waals surface area (Å²) in [5.74, 6) is 0.850. The molecule has 1 saturated heterocycles. The molecule has 3 N–H and O–H groups in total. The van der Waals surface area contributed by atoms with Gasteiger partial charge in [-0.3, -0.25) is 4.79 Å². The van der Waals surface area contributed by atoms with Crippen molar-refractivity contribution in [2.75, 3.05) is 38.2 Å². The van der Waals surface area contributed by atoms with Crippen LogP contribution < -0.4 is 20.7 Å². The largest absolute Gasteiger partial charge is 0.495 e. The van der Waals surface area contributed by atoms with Crippen molar-refractivity contribution in [3.05, 3.63) is 46.7 Å². The van der Waals surface area contributed by atoms with E-state index in [1.807, 2.05) is 46.7 Å². The fourth-order valence-electron chi connectivity index (χ4n) is 3.28. The minimum atomic E-state index is -0.623. The topological polar surface area (TPSA) is 87.9 Å². The summed E-state index contributed by atoms with van der Waals surface area (Å²) in [4.78, 5) is 29.0. The molecule has 144 valence electrons. The summed E-state index contributed by atoms with van der Waals surface area (Å²) in [5.41, 5.74) is 6.32. The first-order valence-corrected chi connectivity index (χ1v) is 9.71. The van der Waals surface area contributed by atoms with Crippen molar-refractivity contribution in [1.29, 1.82) is 0 Å². The first-order chi connectivity index (χ1) is 13.1. The zero-order chi connectivity index (χ0) is 19.2. The molecule has 2 aromatic rings. The molecule has 3 amide bonds. The lowest BCUT2D eigenvalue weighted by atomic mass is 10.1. The van der Waals surface area contributed by atoms with Crippen LogP contribution in [0, 0.1) is 0 Å². The number of benzene rings is 1. The zero-order valence-corrected chi connectivity index (χ0v) is 16.1. The molecule has 1 aromatic carbocycles. The van der Waals surface area contributed by atoms with Crippen LogP contribution in [0.15, 0.2) is 41.8 Å². The van der Waals surface area contributed by atoms with Crippen molar-refractivity contribution in [3.63, 3.8) is 0 Å². The Labute approximate surface area is 162 Å². The quantitative estimate of drug-likeness (QED) is 0.794. The van der Waals surface area contributed by atoms with E-state index in [2.05, 4.69) is 10.2 Å². The maximum absolute atomic E-state index is 12.7. The van der Waals surface area contributed by atoms with Crippen LogP contribution in [0.5, 0.6) is 5.75 Å². The number of nitrogens with zero attached hydrogens (tertiary/aromatic N) is 2. The SMILES string of the molecule is COc1ccccc1N1CCN(C(=O)CC(NC(N)=O)c2cccs2)CC1. The maximum atomic E-state index is 12.7. The Bertz CT molecular complexity index is 773. The molecule has 0 saturated carbocycles. The van der Waals surface area contributed by atoms with Gasteiger partial charge in [-0.2, -0.15) is 0 Å². The summed E-state index contributed by atoms with van der Waals surface area (Å²) < 4.78 is 5.43. The molecule has 1 unspecified atom stereocenters. The van der Waals surface area contributed by atoms with E-state index in [0.29, 0.717) is 13.1 Å². The predicted molar refractivity (Wildman–Crippen MR) is 106 cm³/mol. The van der Waals surface area contributed by atoms with Crippen LogP contribution in [0.25, 0.3) is 0 Å². The molecular weight excluding hydrogens is 364 g/mol. The van der Waals surface area contributed by atoms with E-state index >= 15 is 0 Å². The second-order valence-electron chi connectivity index (χ2n) is 6.32. The Morgan fingerprint density at radius 2 is 1.93 bits per heavy atom. The number of hydrogen-bond donors (Lipinski definition) is 2. The average Bonchev–Trinajstić information content (AvgIpc) is 3.22. The molecule has 1 aromatic heterocycles. The van der Waals surface area contributed by atoms with Crippen molar-refractivity contribution >= 4 is 29.0 Å². The molecule has 1 aliphatic rings. The average molecular weight is 388 g/mol. The predicted octanol–water partition coefficient (Wildman–Crippen LogP) is 2.21. The number of piperazine rings is 1. The first-order valence-electron chi connectivity index (χ1n) is 8.83. The molecule has 2 heterocycles. The molecule has 27 heavy (non-hydrogen) atoms. The Hall–Kier alpha value is -2.74. The molecule has 0 spiro atoms. The van der Waals surface area contributed by atoms with Crippen LogP contribution in [0.3, 0.4) is 0 Å². The number of carbonyl (C=O) groups is 2. The van der Waals surface area contributed by atoms with Crippen molar-refractivity contribution in [3.8, 4) is 5.75 Å². The van der Waals surface area contributed by atoms with E-state index in [1.165, 1.54) is 11.3 Å². The number of nitrogens with one attached hydrogen (secondary N) is 1. The van der Waals surface area contributed by atoms with Crippen molar-refractivity contribution in [1.82, 2.24) is 10.2 Å². The molecule has 1 fully saturated rings. The van der Waals surface area contributed by atoms with Gasteiger partial charge in [-0.15, -0.1) is 11.3 Å². The third kappa shape index (κ3) is 4.71. The lowest BCUT2D eigenvalue weighted by molar-refractivity contribution is -0.132. The maximum Gasteiger partial charge on any atom is 0.312 e. The minimum Gasteiger partial charge on any atom is -0.495 e. The van der Waals surface area contributed by atoms with Gasteiger partial charge in [0, 0.05) is 31.1 Å². The van der Waals surface area contributed by atoms with Crippen LogP contribution in [-0.2, 0) is 4.79 Å². The molecule has 1 aliphatic heterocycles. The van der Waals surface area contributed by atoms with E-state index < -0.39 is 6.03 Å². The molecule has 0 radical (unpaired) electrons. The molecule has 7 nitrogen and oxygen atoms in total. The van der Waals surface area contributed by atoms with Gasteiger partial charge in [-0.25, -0.2) is 4.79 Å². The molecule has 3 rings (SSSR count). The van der Waals surface area contributed by atoms with Gasteiger partial charge in [0.2, 0.25) is 5.91 Å². The highest BCUT2D eigenvalue weighted by Gasteiger charge is 2.26. The number of nitrogens with two attached hydrogens (primary N) is 1. The summed E-state index contributed by atoms with van der Waals surface area (Å²) in [7, 11) is 1.66. The molecular formula is C19H24N4O3S. The van der Waals surface area contributed by atoms with Crippen molar-refractivity contribution in [2.24, 2.45) is 5.73 Å². The number of amides is 3. The summed E-state index contributed by atoms with van der Waals surface area (Å²) in [6, 6.07) is 10.7. The lowest BCUT2D eigenvalue weighted by Gasteiger charge is -2.37. The molecule has 1 atom stereocenters. The van der Waals surface area contributed by atoms with Gasteiger partial charge in [-0.1, -0.05) is 18.2 Å². The number of rotatable bonds is 6. The third-order valence-electron chi connectivity index (χ3n) is 4.64. The highest BCUT2D eigenvalue weighted by Crippen LogP contribution is 2.29. The fourth-order valence-corrected chi connectivity index (χ4v) is 4.05. The van der Waals surface area contributed by atoms with Crippen LogP contribution >= 0.6 is 11.3 Å². The van der Waals surface area contributed by atoms with Gasteiger partial charge < -0.3 is 25.6 Å². The Kier molecular flexibility index (Phi) is 6.18. The van der Waals surface area contributed by atoms with Crippen LogP contribution in [0.2, 0.25) is 0 Å². The van der Waals surface area contributed by atoms with Crippen LogP contribution in [-0.4, -0.2) is 50.1 Å². The number of carbonyl (C=O) groups excluding carboxylic acids is 2. The van der Waals surface area contributed by atoms with E-state index in [1.54, 1.807) is 7.11 Å². The number of para-hydroxylation sites is 2. The van der Waals surface area contributed by atoms with Gasteiger partial charge in [0.05, 0.1) is 25.3 Å². The van der Waals surface area contributed by atoms with Gasteiger partial charge >= 0.3 is 6.03 Å². The fraction of sp³-hybridized carbons (Fsp3) is 0.368. The van der Waals surface area contributed by atoms with Gasteiger partial charge in [0.25, 0.3) is 0 Å². The summed E-state index contributed by atoms with van der Waals surface area (Å²) in [6.45, 7) is 2.73. The Morgan fingerprint density at radius 3 is 2.56 bits per heavy atom. The van der Waals surface area contributed by atoms with Crippen molar-refractivity contribution in [2.45, 2.75) is 12.5 Å². The highest BCUT2D eigenvalue weighted by molar-refractivity contribution is 7.10. The second kappa shape index (κ2) is 8.77. The van der Waals surface area contributed by atoms with Crippen LogP contribution in [0.4, 0.5) is 10.5 Å². The third-order valence-corrected chi connectivity index (χ3v) is 5.63.